The van der Waals surface area contributed by atoms with Crippen LogP contribution in [0.5, 0.6) is 0 Å². The fraction of sp³-hybridized carbons (Fsp3) is 0.808. The van der Waals surface area contributed by atoms with Crippen LogP contribution in [0.2, 0.25) is 0 Å². The summed E-state index contributed by atoms with van der Waals surface area (Å²) in [5.74, 6) is 0.728. The first-order valence-corrected chi connectivity index (χ1v) is 12.8. The fourth-order valence-corrected chi connectivity index (χ4v) is 6.04. The molecule has 0 N–H and O–H groups in total. The van der Waals surface area contributed by atoms with Crippen LogP contribution < -0.4 is 0 Å². The van der Waals surface area contributed by atoms with E-state index >= 15 is 0 Å². The number of amides is 1. The number of carbonyl (C=O) groups is 2. The van der Waals surface area contributed by atoms with Gasteiger partial charge in [-0.15, -0.1) is 0 Å². The van der Waals surface area contributed by atoms with Crippen LogP contribution >= 0.6 is 0 Å². The molecule has 3 aliphatic rings. The Labute approximate surface area is 187 Å². The third-order valence-corrected chi connectivity index (χ3v) is 7.68. The fourth-order valence-electron chi connectivity index (χ4n) is 6.04. The van der Waals surface area contributed by atoms with Gasteiger partial charge < -0.3 is 4.90 Å². The SMILES string of the molecule is CCCCCCn1nc([C@H]2CCCN2C(=O)C2CCCCC2)c2c1CC(C)(C)CC2=O. The van der Waals surface area contributed by atoms with Crippen LogP contribution in [0.15, 0.2) is 0 Å². The molecule has 1 atom stereocenters. The van der Waals surface area contributed by atoms with E-state index in [4.69, 9.17) is 5.10 Å². The highest BCUT2D eigenvalue weighted by molar-refractivity contribution is 6.00. The quantitative estimate of drug-likeness (QED) is 0.512. The van der Waals surface area contributed by atoms with Crippen LogP contribution in [0.4, 0.5) is 0 Å². The molecule has 0 spiro atoms. The van der Waals surface area contributed by atoms with Crippen LogP contribution in [-0.4, -0.2) is 32.9 Å². The van der Waals surface area contributed by atoms with Gasteiger partial charge in [0.15, 0.2) is 5.78 Å². The van der Waals surface area contributed by atoms with Gasteiger partial charge in [0.2, 0.25) is 5.91 Å². The largest absolute Gasteiger partial charge is 0.334 e. The Kier molecular flexibility index (Phi) is 6.88. The summed E-state index contributed by atoms with van der Waals surface area (Å²) in [6, 6.07) is -0.00905. The van der Waals surface area contributed by atoms with E-state index in [9.17, 15) is 9.59 Å². The summed E-state index contributed by atoms with van der Waals surface area (Å²) >= 11 is 0. The first-order chi connectivity index (χ1) is 14.9. The summed E-state index contributed by atoms with van der Waals surface area (Å²) < 4.78 is 2.14. The van der Waals surface area contributed by atoms with Crippen LogP contribution in [0.1, 0.15) is 126 Å². The number of hydrogen-bond acceptors (Lipinski definition) is 3. The van der Waals surface area contributed by atoms with E-state index in [2.05, 4.69) is 30.4 Å². The molecular weight excluding hydrogens is 386 g/mol. The lowest BCUT2D eigenvalue weighted by Gasteiger charge is -2.32. The monoisotopic (exact) mass is 427 g/mol. The summed E-state index contributed by atoms with van der Waals surface area (Å²) in [5, 5.41) is 5.07. The molecule has 1 aromatic rings. The van der Waals surface area contributed by atoms with Gasteiger partial charge in [-0.05, 0) is 43.9 Å². The molecular formula is C26H41N3O2. The third kappa shape index (κ3) is 4.75. The van der Waals surface area contributed by atoms with Crippen molar-refractivity contribution < 1.29 is 9.59 Å². The van der Waals surface area contributed by atoms with Crippen LogP contribution in [0, 0.1) is 11.3 Å². The van der Waals surface area contributed by atoms with E-state index in [1.165, 1.54) is 38.5 Å². The lowest BCUT2D eigenvalue weighted by molar-refractivity contribution is -0.137. The molecule has 31 heavy (non-hydrogen) atoms. The van der Waals surface area contributed by atoms with Crippen molar-refractivity contribution in [1.82, 2.24) is 14.7 Å². The molecule has 1 aliphatic heterocycles. The van der Waals surface area contributed by atoms with Crippen molar-refractivity contribution in [3.8, 4) is 0 Å². The normalized spacial score (nSPS) is 23.9. The number of aromatic nitrogens is 2. The minimum absolute atomic E-state index is 0.00905. The molecule has 0 radical (unpaired) electrons. The molecule has 2 fully saturated rings. The molecule has 0 unspecified atom stereocenters. The zero-order chi connectivity index (χ0) is 22.0. The highest BCUT2D eigenvalue weighted by Crippen LogP contribution is 2.42. The maximum atomic E-state index is 13.4. The van der Waals surface area contributed by atoms with Crippen molar-refractivity contribution in [1.29, 1.82) is 0 Å². The van der Waals surface area contributed by atoms with Gasteiger partial charge in [0.05, 0.1) is 23.0 Å². The lowest BCUT2D eigenvalue weighted by atomic mass is 9.75. The number of ketones is 1. The van der Waals surface area contributed by atoms with Crippen molar-refractivity contribution in [2.24, 2.45) is 11.3 Å². The minimum atomic E-state index is -0.0180. The lowest BCUT2D eigenvalue weighted by Crippen LogP contribution is -2.37. The summed E-state index contributed by atoms with van der Waals surface area (Å²) in [6.07, 6.45) is 13.9. The van der Waals surface area contributed by atoms with E-state index in [1.807, 2.05) is 0 Å². The number of Topliss-reactive ketones (excluding diaryl/α,β-unsaturated/α-hetero) is 1. The molecule has 1 saturated carbocycles. The molecule has 172 valence electrons. The molecule has 4 rings (SSSR count). The summed E-state index contributed by atoms with van der Waals surface area (Å²) in [4.78, 5) is 28.8. The van der Waals surface area contributed by atoms with Gasteiger partial charge in [-0.25, -0.2) is 0 Å². The maximum Gasteiger partial charge on any atom is 0.226 e. The van der Waals surface area contributed by atoms with Gasteiger partial charge in [-0.2, -0.15) is 5.10 Å². The summed E-state index contributed by atoms with van der Waals surface area (Å²) in [5.41, 5.74) is 2.89. The third-order valence-electron chi connectivity index (χ3n) is 7.68. The molecule has 1 aromatic heterocycles. The molecule has 0 aromatic carbocycles. The molecule has 1 amide bonds. The number of fused-ring (bicyclic) bond motifs is 1. The highest BCUT2D eigenvalue weighted by Gasteiger charge is 2.42. The second-order valence-electron chi connectivity index (χ2n) is 11.0. The zero-order valence-corrected chi connectivity index (χ0v) is 19.9. The van der Waals surface area contributed by atoms with Crippen molar-refractivity contribution >= 4 is 11.7 Å². The summed E-state index contributed by atoms with van der Waals surface area (Å²) in [7, 11) is 0. The molecule has 5 heteroatoms. The highest BCUT2D eigenvalue weighted by atomic mass is 16.2. The smallest absolute Gasteiger partial charge is 0.226 e. The second-order valence-corrected chi connectivity index (χ2v) is 11.0. The first-order valence-electron chi connectivity index (χ1n) is 12.8. The van der Waals surface area contributed by atoms with E-state index in [0.29, 0.717) is 12.3 Å². The Morgan fingerprint density at radius 3 is 2.55 bits per heavy atom. The van der Waals surface area contributed by atoms with Gasteiger partial charge in [-0.1, -0.05) is 59.3 Å². The van der Waals surface area contributed by atoms with Crippen LogP contribution in [0.25, 0.3) is 0 Å². The number of likely N-dealkylation sites (tertiary alicyclic amines) is 1. The Balaban J connectivity index is 1.63. The van der Waals surface area contributed by atoms with Crippen molar-refractivity contribution in [3.05, 3.63) is 17.0 Å². The van der Waals surface area contributed by atoms with Gasteiger partial charge in [-0.3, -0.25) is 14.3 Å². The van der Waals surface area contributed by atoms with Crippen molar-refractivity contribution in [3.63, 3.8) is 0 Å². The first kappa shape index (κ1) is 22.5. The minimum Gasteiger partial charge on any atom is -0.334 e. The van der Waals surface area contributed by atoms with Crippen molar-refractivity contribution in [2.45, 2.75) is 117 Å². The van der Waals surface area contributed by atoms with Gasteiger partial charge in [0.25, 0.3) is 0 Å². The number of nitrogens with zero attached hydrogens (tertiary/aromatic N) is 3. The van der Waals surface area contributed by atoms with E-state index in [0.717, 1.165) is 68.6 Å². The number of carbonyl (C=O) groups excluding carboxylic acids is 2. The van der Waals surface area contributed by atoms with Crippen LogP contribution in [0.3, 0.4) is 0 Å². The Morgan fingerprint density at radius 1 is 1.03 bits per heavy atom. The predicted molar refractivity (Wildman–Crippen MR) is 123 cm³/mol. The topological polar surface area (TPSA) is 55.2 Å². The molecule has 1 saturated heterocycles. The van der Waals surface area contributed by atoms with Crippen LogP contribution in [-0.2, 0) is 17.8 Å². The maximum absolute atomic E-state index is 13.4. The number of rotatable bonds is 7. The Bertz CT molecular complexity index is 804. The summed E-state index contributed by atoms with van der Waals surface area (Å²) in [6.45, 7) is 8.31. The van der Waals surface area contributed by atoms with E-state index < -0.39 is 0 Å². The second kappa shape index (κ2) is 9.46. The van der Waals surface area contributed by atoms with Gasteiger partial charge >= 0.3 is 0 Å². The number of aryl methyl sites for hydroxylation is 1. The average molecular weight is 428 g/mol. The molecule has 0 bridgehead atoms. The number of unbranched alkanes of at least 4 members (excludes halogenated alkanes) is 3. The van der Waals surface area contributed by atoms with E-state index in [-0.39, 0.29) is 23.2 Å². The van der Waals surface area contributed by atoms with Gasteiger partial charge in [0.1, 0.15) is 0 Å². The Hall–Kier alpha value is -1.65. The van der Waals surface area contributed by atoms with Crippen molar-refractivity contribution in [2.75, 3.05) is 6.54 Å². The molecule has 2 aliphatic carbocycles. The molecule has 5 nitrogen and oxygen atoms in total. The van der Waals surface area contributed by atoms with E-state index in [1.54, 1.807) is 0 Å². The number of hydrogen-bond donors (Lipinski definition) is 0. The standard InChI is InChI=1S/C26H41N3O2/c1-4-5-6-10-16-29-21-17-26(2,3)18-22(30)23(21)24(27-29)20-14-11-15-28(20)25(31)19-12-8-7-9-13-19/h19-20H,4-18H2,1-3H3/t20-/m1/s1. The predicted octanol–water partition coefficient (Wildman–Crippen LogP) is 5.86. The average Bonchev–Trinajstić information content (AvgIpc) is 3.35. The Morgan fingerprint density at radius 2 is 1.81 bits per heavy atom. The zero-order valence-electron chi connectivity index (χ0n) is 19.9. The molecule has 2 heterocycles. The van der Waals surface area contributed by atoms with Gasteiger partial charge in [0, 0.05) is 25.4 Å².